The first-order valence-electron chi connectivity index (χ1n) is 5.20. The van der Waals surface area contributed by atoms with Gasteiger partial charge in [-0.2, -0.15) is 0 Å². The molecule has 1 aromatic carbocycles. The molecule has 2 nitrogen and oxygen atoms in total. The fourth-order valence-corrected chi connectivity index (χ4v) is 1.47. The van der Waals surface area contributed by atoms with Crippen LogP contribution in [0.3, 0.4) is 0 Å². The quantitative estimate of drug-likeness (QED) is 0.689. The van der Waals surface area contributed by atoms with Crippen molar-refractivity contribution in [3.05, 3.63) is 43.0 Å². The lowest BCUT2D eigenvalue weighted by molar-refractivity contribution is -0.118. The van der Waals surface area contributed by atoms with Gasteiger partial charge in [0.2, 0.25) is 5.91 Å². The van der Waals surface area contributed by atoms with E-state index in [0.29, 0.717) is 6.42 Å². The lowest BCUT2D eigenvalue weighted by Crippen LogP contribution is -2.37. The monoisotopic (exact) mass is 203 g/mol. The summed E-state index contributed by atoms with van der Waals surface area (Å²) in [5, 5.41) is 0. The lowest BCUT2D eigenvalue weighted by atomic mass is 10.2. The van der Waals surface area contributed by atoms with Crippen LogP contribution in [-0.4, -0.2) is 11.9 Å². The molecule has 2 heteroatoms. The highest BCUT2D eigenvalue weighted by Gasteiger charge is 2.17. The Bertz CT molecular complexity index is 332. The molecular weight excluding hydrogens is 186 g/mol. The fourth-order valence-electron chi connectivity index (χ4n) is 1.47. The molecule has 0 aromatic heterocycles. The molecule has 0 radical (unpaired) electrons. The maximum absolute atomic E-state index is 11.8. The molecule has 0 aliphatic carbocycles. The second kappa shape index (κ2) is 5.35. The summed E-state index contributed by atoms with van der Waals surface area (Å²) in [5.41, 5.74) is 0.928. The zero-order valence-corrected chi connectivity index (χ0v) is 9.31. The van der Waals surface area contributed by atoms with Crippen LogP contribution in [0.2, 0.25) is 0 Å². The molecule has 0 saturated carbocycles. The first-order chi connectivity index (χ1) is 7.20. The zero-order chi connectivity index (χ0) is 11.3. The summed E-state index contributed by atoms with van der Waals surface area (Å²) in [5.74, 6) is 0.119. The minimum absolute atomic E-state index is 0.0276. The summed E-state index contributed by atoms with van der Waals surface area (Å²) in [6.45, 7) is 7.56. The molecule has 15 heavy (non-hydrogen) atoms. The molecule has 0 saturated heterocycles. The Labute approximate surface area is 91.2 Å². The maximum Gasteiger partial charge on any atom is 0.227 e. The van der Waals surface area contributed by atoms with Gasteiger partial charge in [-0.05, 0) is 19.1 Å². The largest absolute Gasteiger partial charge is 0.306 e. The number of hydrogen-bond donors (Lipinski definition) is 0. The number of benzene rings is 1. The summed E-state index contributed by atoms with van der Waals surface area (Å²) < 4.78 is 0. The molecule has 0 fully saturated rings. The molecule has 1 rings (SSSR count). The van der Waals surface area contributed by atoms with E-state index in [2.05, 4.69) is 6.58 Å². The Kier molecular flexibility index (Phi) is 4.10. The molecule has 0 aliphatic heterocycles. The van der Waals surface area contributed by atoms with Crippen LogP contribution in [0.1, 0.15) is 20.3 Å². The van der Waals surface area contributed by atoms with Crippen molar-refractivity contribution in [1.82, 2.24) is 0 Å². The molecular formula is C13H17NO. The molecule has 1 amide bonds. The third-order valence-electron chi connectivity index (χ3n) is 2.35. The number of hydrogen-bond acceptors (Lipinski definition) is 1. The standard InChI is InChI=1S/C13H17NO/c1-4-11(3)14(13(15)5-2)12-9-7-6-8-10-12/h4,6-11H,1,5H2,2-3H3. The number of anilines is 1. The number of rotatable bonds is 4. The first-order valence-corrected chi connectivity index (χ1v) is 5.20. The van der Waals surface area contributed by atoms with Crippen LogP contribution in [0.25, 0.3) is 0 Å². The van der Waals surface area contributed by atoms with Crippen molar-refractivity contribution in [2.45, 2.75) is 26.3 Å². The molecule has 0 aliphatic rings. The van der Waals surface area contributed by atoms with Gasteiger partial charge in [-0.1, -0.05) is 31.2 Å². The minimum Gasteiger partial charge on any atom is -0.306 e. The Hall–Kier alpha value is -1.57. The van der Waals surface area contributed by atoms with E-state index in [1.54, 1.807) is 11.0 Å². The van der Waals surface area contributed by atoms with Gasteiger partial charge in [-0.15, -0.1) is 6.58 Å². The van der Waals surface area contributed by atoms with Gasteiger partial charge < -0.3 is 4.90 Å². The molecule has 0 bridgehead atoms. The molecule has 0 spiro atoms. The van der Waals surface area contributed by atoms with Crippen LogP contribution in [0, 0.1) is 0 Å². The second-order valence-corrected chi connectivity index (χ2v) is 3.43. The van der Waals surface area contributed by atoms with Gasteiger partial charge in [-0.25, -0.2) is 0 Å². The first kappa shape index (κ1) is 11.5. The van der Waals surface area contributed by atoms with Crippen LogP contribution in [-0.2, 0) is 4.79 Å². The lowest BCUT2D eigenvalue weighted by Gasteiger charge is -2.26. The van der Waals surface area contributed by atoms with Gasteiger partial charge in [0.15, 0.2) is 0 Å². The van der Waals surface area contributed by atoms with Crippen LogP contribution in [0.15, 0.2) is 43.0 Å². The van der Waals surface area contributed by atoms with Gasteiger partial charge in [0.25, 0.3) is 0 Å². The average Bonchev–Trinajstić information content (AvgIpc) is 2.30. The highest BCUT2D eigenvalue weighted by atomic mass is 16.2. The van der Waals surface area contributed by atoms with Crippen molar-refractivity contribution in [2.24, 2.45) is 0 Å². The van der Waals surface area contributed by atoms with E-state index in [0.717, 1.165) is 5.69 Å². The summed E-state index contributed by atoms with van der Waals surface area (Å²) in [7, 11) is 0. The Morgan fingerprint density at radius 2 is 2.07 bits per heavy atom. The van der Waals surface area contributed by atoms with Crippen molar-refractivity contribution < 1.29 is 4.79 Å². The van der Waals surface area contributed by atoms with Crippen molar-refractivity contribution in [3.8, 4) is 0 Å². The summed E-state index contributed by atoms with van der Waals surface area (Å²) in [6, 6.07) is 9.71. The highest BCUT2D eigenvalue weighted by Crippen LogP contribution is 2.17. The highest BCUT2D eigenvalue weighted by molar-refractivity contribution is 5.93. The molecule has 80 valence electrons. The number of amides is 1. The van der Waals surface area contributed by atoms with Crippen molar-refractivity contribution in [1.29, 1.82) is 0 Å². The van der Waals surface area contributed by atoms with Gasteiger partial charge in [0, 0.05) is 12.1 Å². The van der Waals surface area contributed by atoms with E-state index in [-0.39, 0.29) is 11.9 Å². The van der Waals surface area contributed by atoms with Crippen LogP contribution >= 0.6 is 0 Å². The predicted molar refractivity (Wildman–Crippen MR) is 63.9 cm³/mol. The van der Waals surface area contributed by atoms with Gasteiger partial charge in [0.05, 0.1) is 6.04 Å². The van der Waals surface area contributed by atoms with Crippen molar-refractivity contribution >= 4 is 11.6 Å². The van der Waals surface area contributed by atoms with Crippen LogP contribution < -0.4 is 4.90 Å². The number of para-hydroxylation sites is 1. The van der Waals surface area contributed by atoms with E-state index in [9.17, 15) is 4.79 Å². The normalized spacial score (nSPS) is 11.9. The van der Waals surface area contributed by atoms with Gasteiger partial charge in [-0.3, -0.25) is 4.79 Å². The number of carbonyl (C=O) groups excluding carboxylic acids is 1. The molecule has 0 heterocycles. The topological polar surface area (TPSA) is 20.3 Å². The van der Waals surface area contributed by atoms with E-state index in [1.165, 1.54) is 0 Å². The Morgan fingerprint density at radius 1 is 1.47 bits per heavy atom. The molecule has 1 unspecified atom stereocenters. The Morgan fingerprint density at radius 3 is 2.53 bits per heavy atom. The van der Waals surface area contributed by atoms with E-state index in [1.807, 2.05) is 44.2 Å². The molecule has 0 N–H and O–H groups in total. The summed E-state index contributed by atoms with van der Waals surface area (Å²) in [6.07, 6.45) is 2.29. The van der Waals surface area contributed by atoms with Gasteiger partial charge >= 0.3 is 0 Å². The third kappa shape index (κ3) is 2.69. The molecule has 1 atom stereocenters. The third-order valence-corrected chi connectivity index (χ3v) is 2.35. The van der Waals surface area contributed by atoms with Crippen LogP contribution in [0.5, 0.6) is 0 Å². The fraction of sp³-hybridized carbons (Fsp3) is 0.308. The predicted octanol–water partition coefficient (Wildman–Crippen LogP) is 3.00. The average molecular weight is 203 g/mol. The number of nitrogens with zero attached hydrogens (tertiary/aromatic N) is 1. The minimum atomic E-state index is 0.0276. The van der Waals surface area contributed by atoms with E-state index in [4.69, 9.17) is 0 Å². The smallest absolute Gasteiger partial charge is 0.227 e. The van der Waals surface area contributed by atoms with Crippen molar-refractivity contribution in [3.63, 3.8) is 0 Å². The van der Waals surface area contributed by atoms with Gasteiger partial charge in [0.1, 0.15) is 0 Å². The van der Waals surface area contributed by atoms with Crippen LogP contribution in [0.4, 0.5) is 5.69 Å². The van der Waals surface area contributed by atoms with E-state index >= 15 is 0 Å². The summed E-state index contributed by atoms with van der Waals surface area (Å²) >= 11 is 0. The Balaban J connectivity index is 3.01. The van der Waals surface area contributed by atoms with Crippen molar-refractivity contribution in [2.75, 3.05) is 4.90 Å². The zero-order valence-electron chi connectivity index (χ0n) is 9.31. The van der Waals surface area contributed by atoms with E-state index < -0.39 is 0 Å². The SMILES string of the molecule is C=CC(C)N(C(=O)CC)c1ccccc1. The molecule has 1 aromatic rings. The second-order valence-electron chi connectivity index (χ2n) is 3.43. The maximum atomic E-state index is 11.8. The summed E-state index contributed by atoms with van der Waals surface area (Å²) in [4.78, 5) is 13.6. The number of carbonyl (C=O) groups is 1.